The highest BCUT2D eigenvalue weighted by atomic mass is 35.5. The maximum absolute atomic E-state index is 12.1. The van der Waals surface area contributed by atoms with Gasteiger partial charge in [-0.15, -0.1) is 0 Å². The lowest BCUT2D eigenvalue weighted by molar-refractivity contribution is -0.137. The van der Waals surface area contributed by atoms with E-state index in [-0.39, 0.29) is 25.0 Å². The fourth-order valence-corrected chi connectivity index (χ4v) is 2.45. The molecule has 3 N–H and O–H groups in total. The predicted molar refractivity (Wildman–Crippen MR) is 95.4 cm³/mol. The first-order valence-electron chi connectivity index (χ1n) is 7.93. The van der Waals surface area contributed by atoms with Crippen molar-refractivity contribution in [3.05, 3.63) is 64.9 Å². The molecule has 1 heterocycles. The molecule has 7 heteroatoms. The summed E-state index contributed by atoms with van der Waals surface area (Å²) in [5.74, 6) is -0.884. The average Bonchev–Trinajstić information content (AvgIpc) is 2.60. The molecule has 0 saturated carbocycles. The normalized spacial score (nSPS) is 11.6. The van der Waals surface area contributed by atoms with E-state index in [9.17, 15) is 9.59 Å². The van der Waals surface area contributed by atoms with Crippen molar-refractivity contribution in [2.45, 2.75) is 31.8 Å². The van der Waals surface area contributed by atoms with Gasteiger partial charge in [-0.2, -0.15) is 0 Å². The number of carboxylic acid groups (broad SMARTS) is 1. The molecule has 1 aromatic carbocycles. The van der Waals surface area contributed by atoms with Gasteiger partial charge in [0.25, 0.3) is 0 Å². The molecule has 2 rings (SSSR count). The molecule has 1 atom stereocenters. The number of hydrogen-bond acceptors (Lipinski definition) is 3. The molecule has 1 unspecified atom stereocenters. The number of aromatic nitrogens is 1. The minimum Gasteiger partial charge on any atom is -0.481 e. The van der Waals surface area contributed by atoms with E-state index in [0.29, 0.717) is 23.6 Å². The SMILES string of the molecule is O=C(O)CCC(Cc1ccccc1)NC(=O)NCc1ccc(Cl)cn1. The number of carbonyl (C=O) groups is 2. The molecule has 0 spiro atoms. The van der Waals surface area contributed by atoms with Crippen LogP contribution in [-0.4, -0.2) is 28.1 Å². The van der Waals surface area contributed by atoms with Crippen molar-refractivity contribution in [1.29, 1.82) is 0 Å². The lowest BCUT2D eigenvalue weighted by atomic mass is 10.0. The summed E-state index contributed by atoms with van der Waals surface area (Å²) in [6.45, 7) is 0.264. The Hall–Kier alpha value is -2.60. The van der Waals surface area contributed by atoms with Crippen LogP contribution in [0.5, 0.6) is 0 Å². The van der Waals surface area contributed by atoms with E-state index in [4.69, 9.17) is 16.7 Å². The molecule has 2 amide bonds. The highest BCUT2D eigenvalue weighted by Crippen LogP contribution is 2.08. The average molecular weight is 362 g/mol. The zero-order valence-electron chi connectivity index (χ0n) is 13.6. The number of hydrogen-bond donors (Lipinski definition) is 3. The third-order valence-corrected chi connectivity index (χ3v) is 3.81. The summed E-state index contributed by atoms with van der Waals surface area (Å²) in [5.41, 5.74) is 1.72. The Morgan fingerprint density at radius 1 is 1.16 bits per heavy atom. The van der Waals surface area contributed by atoms with Gasteiger partial charge in [0.15, 0.2) is 0 Å². The van der Waals surface area contributed by atoms with Crippen LogP contribution in [0.25, 0.3) is 0 Å². The number of urea groups is 1. The lowest BCUT2D eigenvalue weighted by Crippen LogP contribution is -2.43. The summed E-state index contributed by atoms with van der Waals surface area (Å²) in [4.78, 5) is 27.0. The maximum atomic E-state index is 12.1. The van der Waals surface area contributed by atoms with E-state index in [1.54, 1.807) is 12.1 Å². The van der Waals surface area contributed by atoms with Gasteiger partial charge in [-0.05, 0) is 30.5 Å². The highest BCUT2D eigenvalue weighted by molar-refractivity contribution is 6.30. The van der Waals surface area contributed by atoms with E-state index in [0.717, 1.165) is 5.56 Å². The standard InChI is InChI=1S/C18H20ClN3O3/c19-14-6-7-16(20-11-14)12-21-18(25)22-15(8-9-17(23)24)10-13-4-2-1-3-5-13/h1-7,11,15H,8-10,12H2,(H,23,24)(H2,21,22,25). The van der Waals surface area contributed by atoms with Gasteiger partial charge in [0.1, 0.15) is 0 Å². The van der Waals surface area contributed by atoms with Crippen molar-refractivity contribution in [2.75, 3.05) is 0 Å². The van der Waals surface area contributed by atoms with Crippen LogP contribution in [0.2, 0.25) is 5.02 Å². The number of benzene rings is 1. The maximum Gasteiger partial charge on any atom is 0.315 e. The van der Waals surface area contributed by atoms with Crippen LogP contribution in [0.3, 0.4) is 0 Å². The first-order chi connectivity index (χ1) is 12.0. The Kier molecular flexibility index (Phi) is 7.22. The molecular formula is C18H20ClN3O3. The molecular weight excluding hydrogens is 342 g/mol. The van der Waals surface area contributed by atoms with E-state index < -0.39 is 5.97 Å². The van der Waals surface area contributed by atoms with E-state index >= 15 is 0 Å². The minimum absolute atomic E-state index is 0.00345. The molecule has 6 nitrogen and oxygen atoms in total. The number of halogens is 1. The molecule has 25 heavy (non-hydrogen) atoms. The van der Waals surface area contributed by atoms with Gasteiger partial charge in [-0.25, -0.2) is 4.79 Å². The van der Waals surface area contributed by atoms with Crippen molar-refractivity contribution >= 4 is 23.6 Å². The second-order valence-corrected chi connectivity index (χ2v) is 6.05. The molecule has 0 bridgehead atoms. The zero-order valence-corrected chi connectivity index (χ0v) is 14.4. The third-order valence-electron chi connectivity index (χ3n) is 3.59. The number of amides is 2. The van der Waals surface area contributed by atoms with Gasteiger partial charge in [0, 0.05) is 18.7 Å². The van der Waals surface area contributed by atoms with Gasteiger partial charge < -0.3 is 15.7 Å². The van der Waals surface area contributed by atoms with E-state index in [1.807, 2.05) is 30.3 Å². The van der Waals surface area contributed by atoms with Gasteiger partial charge in [0.05, 0.1) is 17.3 Å². The van der Waals surface area contributed by atoms with Gasteiger partial charge >= 0.3 is 12.0 Å². The van der Waals surface area contributed by atoms with Gasteiger partial charge in [-0.3, -0.25) is 9.78 Å². The lowest BCUT2D eigenvalue weighted by Gasteiger charge is -2.18. The van der Waals surface area contributed by atoms with Crippen LogP contribution < -0.4 is 10.6 Å². The number of pyridine rings is 1. The first-order valence-corrected chi connectivity index (χ1v) is 8.31. The van der Waals surface area contributed by atoms with Crippen LogP contribution in [0.4, 0.5) is 4.79 Å². The highest BCUT2D eigenvalue weighted by Gasteiger charge is 2.14. The summed E-state index contributed by atoms with van der Waals surface area (Å²) >= 11 is 5.77. The fourth-order valence-electron chi connectivity index (χ4n) is 2.34. The largest absolute Gasteiger partial charge is 0.481 e. The monoisotopic (exact) mass is 361 g/mol. The van der Waals surface area contributed by atoms with Gasteiger partial charge in [0.2, 0.25) is 0 Å². The first kappa shape index (κ1) is 18.7. The molecule has 2 aromatic rings. The number of carboxylic acids is 1. The van der Waals surface area contributed by atoms with Crippen LogP contribution in [-0.2, 0) is 17.8 Å². The zero-order chi connectivity index (χ0) is 18.1. The number of rotatable bonds is 8. The topological polar surface area (TPSA) is 91.3 Å². The minimum atomic E-state index is -0.884. The van der Waals surface area contributed by atoms with Crippen LogP contribution in [0.15, 0.2) is 48.7 Å². The molecule has 0 fully saturated rings. The van der Waals surface area contributed by atoms with E-state index in [1.165, 1.54) is 6.20 Å². The Morgan fingerprint density at radius 3 is 2.56 bits per heavy atom. The van der Waals surface area contributed by atoms with E-state index in [2.05, 4.69) is 15.6 Å². The summed E-state index contributed by atoms with van der Waals surface area (Å²) in [5, 5.41) is 15.0. The molecule has 0 radical (unpaired) electrons. The Labute approximate surface area is 151 Å². The predicted octanol–water partition coefficient (Wildman–Crippen LogP) is 3.01. The number of nitrogens with one attached hydrogen (secondary N) is 2. The van der Waals surface area contributed by atoms with Crippen molar-refractivity contribution in [1.82, 2.24) is 15.6 Å². The number of nitrogens with zero attached hydrogens (tertiary/aromatic N) is 1. The Balaban J connectivity index is 1.88. The number of carbonyl (C=O) groups excluding carboxylic acids is 1. The van der Waals surface area contributed by atoms with Crippen molar-refractivity contribution in [2.24, 2.45) is 0 Å². The van der Waals surface area contributed by atoms with Crippen LogP contribution in [0.1, 0.15) is 24.1 Å². The fraction of sp³-hybridized carbons (Fsp3) is 0.278. The third kappa shape index (κ3) is 7.22. The molecule has 0 aliphatic rings. The molecule has 0 aliphatic heterocycles. The van der Waals surface area contributed by atoms with Crippen molar-refractivity contribution in [3.8, 4) is 0 Å². The second kappa shape index (κ2) is 9.64. The van der Waals surface area contributed by atoms with Crippen LogP contribution in [0, 0.1) is 0 Å². The molecule has 0 saturated heterocycles. The molecule has 0 aliphatic carbocycles. The summed E-state index contributed by atoms with van der Waals surface area (Å²) < 4.78 is 0. The van der Waals surface area contributed by atoms with Crippen molar-refractivity contribution in [3.63, 3.8) is 0 Å². The van der Waals surface area contributed by atoms with Gasteiger partial charge in [-0.1, -0.05) is 41.9 Å². The summed E-state index contributed by atoms with van der Waals surface area (Å²) in [6, 6.07) is 12.4. The Bertz CT molecular complexity index is 692. The van der Waals surface area contributed by atoms with Crippen LogP contribution >= 0.6 is 11.6 Å². The Morgan fingerprint density at radius 2 is 1.92 bits per heavy atom. The smallest absolute Gasteiger partial charge is 0.315 e. The second-order valence-electron chi connectivity index (χ2n) is 5.61. The van der Waals surface area contributed by atoms with Crippen molar-refractivity contribution < 1.29 is 14.7 Å². The molecule has 1 aromatic heterocycles. The summed E-state index contributed by atoms with van der Waals surface area (Å²) in [6.07, 6.45) is 2.44. The molecule has 132 valence electrons. The summed E-state index contributed by atoms with van der Waals surface area (Å²) in [7, 11) is 0. The quantitative estimate of drug-likeness (QED) is 0.674. The number of aliphatic carboxylic acids is 1.